The monoisotopic (exact) mass is 356 g/mol. The maximum Gasteiger partial charge on any atom is 0.191 e. The summed E-state index contributed by atoms with van der Waals surface area (Å²) in [6.07, 6.45) is 0. The topological polar surface area (TPSA) is 39.7 Å². The molecule has 0 saturated heterocycles. The predicted octanol–water partition coefficient (Wildman–Crippen LogP) is 1.91. The zero-order valence-corrected chi connectivity index (χ0v) is 14.4. The summed E-state index contributed by atoms with van der Waals surface area (Å²) >= 11 is 0. The molecule has 0 atom stereocenters. The molecule has 0 aromatic heterocycles. The second-order valence-corrected chi connectivity index (χ2v) is 4.63. The minimum absolute atomic E-state index is 0. The molecule has 0 amide bonds. The summed E-state index contributed by atoms with van der Waals surface area (Å²) in [5.74, 6) is 0.912. The average molecular weight is 356 g/mol. The van der Waals surface area contributed by atoms with E-state index in [4.69, 9.17) is 0 Å². The summed E-state index contributed by atoms with van der Waals surface area (Å²) in [5.41, 5.74) is 0. The second kappa shape index (κ2) is 11.1. The van der Waals surface area contributed by atoms with Gasteiger partial charge < -0.3 is 15.5 Å². The van der Waals surface area contributed by atoms with Crippen molar-refractivity contribution < 1.29 is 0 Å². The third kappa shape index (κ3) is 10.8. The zero-order chi connectivity index (χ0) is 12.6. The van der Waals surface area contributed by atoms with E-state index in [1.807, 2.05) is 0 Å². The van der Waals surface area contributed by atoms with Gasteiger partial charge in [-0.2, -0.15) is 0 Å². The Labute approximate surface area is 124 Å². The molecule has 0 radical (unpaired) electrons. The number of nitrogens with zero attached hydrogens (tertiary/aromatic N) is 2. The SMILES string of the molecule is CCNC(=NCCN(C)C(C)C)NC(C)C.I. The van der Waals surface area contributed by atoms with E-state index in [2.05, 4.69) is 62.2 Å². The van der Waals surface area contributed by atoms with Crippen LogP contribution in [-0.2, 0) is 0 Å². The number of hydrogen-bond acceptors (Lipinski definition) is 2. The Bertz CT molecular complexity index is 205. The van der Waals surface area contributed by atoms with Gasteiger partial charge in [0.15, 0.2) is 5.96 Å². The summed E-state index contributed by atoms with van der Waals surface area (Å²) in [6, 6.07) is 0.997. The molecule has 0 aliphatic rings. The molecule has 0 unspecified atom stereocenters. The largest absolute Gasteiger partial charge is 0.357 e. The van der Waals surface area contributed by atoms with Crippen molar-refractivity contribution in [3.63, 3.8) is 0 Å². The maximum atomic E-state index is 4.53. The molecule has 0 aliphatic carbocycles. The molecule has 4 nitrogen and oxygen atoms in total. The molecular weight excluding hydrogens is 327 g/mol. The lowest BCUT2D eigenvalue weighted by molar-refractivity contribution is 0.282. The van der Waals surface area contributed by atoms with E-state index in [9.17, 15) is 0 Å². The maximum absolute atomic E-state index is 4.53. The van der Waals surface area contributed by atoms with E-state index in [1.54, 1.807) is 0 Å². The van der Waals surface area contributed by atoms with Gasteiger partial charge in [0, 0.05) is 25.2 Å². The van der Waals surface area contributed by atoms with Crippen molar-refractivity contribution in [3.8, 4) is 0 Å². The van der Waals surface area contributed by atoms with Crippen LogP contribution in [0.25, 0.3) is 0 Å². The number of halogens is 1. The highest BCUT2D eigenvalue weighted by Crippen LogP contribution is 1.92. The minimum Gasteiger partial charge on any atom is -0.357 e. The third-order valence-electron chi connectivity index (χ3n) is 2.37. The molecule has 0 spiro atoms. The first kappa shape index (κ1) is 19.3. The summed E-state index contributed by atoms with van der Waals surface area (Å²) < 4.78 is 0. The predicted molar refractivity (Wildman–Crippen MR) is 87.4 cm³/mol. The van der Waals surface area contributed by atoms with Crippen LogP contribution in [0.3, 0.4) is 0 Å². The van der Waals surface area contributed by atoms with Gasteiger partial charge in [-0.25, -0.2) is 0 Å². The Balaban J connectivity index is 0. The second-order valence-electron chi connectivity index (χ2n) is 4.63. The highest BCUT2D eigenvalue weighted by Gasteiger charge is 2.02. The molecule has 0 rings (SSSR count). The summed E-state index contributed by atoms with van der Waals surface area (Å²) in [5, 5.41) is 6.54. The zero-order valence-electron chi connectivity index (χ0n) is 12.1. The van der Waals surface area contributed by atoms with Crippen LogP contribution in [0, 0.1) is 0 Å². The lowest BCUT2D eigenvalue weighted by Crippen LogP contribution is -2.41. The summed E-state index contributed by atoms with van der Waals surface area (Å²) in [7, 11) is 2.13. The lowest BCUT2D eigenvalue weighted by Gasteiger charge is -2.20. The average Bonchev–Trinajstić information content (AvgIpc) is 2.16. The molecule has 104 valence electrons. The van der Waals surface area contributed by atoms with Gasteiger partial charge in [-0.05, 0) is 41.7 Å². The number of aliphatic imine (C=N–C) groups is 1. The van der Waals surface area contributed by atoms with Crippen molar-refractivity contribution in [2.75, 3.05) is 26.7 Å². The fraction of sp³-hybridized carbons (Fsp3) is 0.917. The van der Waals surface area contributed by atoms with Crippen LogP contribution in [0.15, 0.2) is 4.99 Å². The van der Waals surface area contributed by atoms with Gasteiger partial charge in [-0.3, -0.25) is 4.99 Å². The fourth-order valence-corrected chi connectivity index (χ4v) is 1.17. The van der Waals surface area contributed by atoms with Crippen LogP contribution >= 0.6 is 24.0 Å². The van der Waals surface area contributed by atoms with Crippen LogP contribution in [0.1, 0.15) is 34.6 Å². The molecule has 17 heavy (non-hydrogen) atoms. The highest BCUT2D eigenvalue weighted by atomic mass is 127. The van der Waals surface area contributed by atoms with Gasteiger partial charge in [0.2, 0.25) is 0 Å². The Morgan fingerprint density at radius 2 is 1.82 bits per heavy atom. The number of guanidine groups is 1. The molecule has 5 heteroatoms. The smallest absolute Gasteiger partial charge is 0.191 e. The van der Waals surface area contributed by atoms with Crippen LogP contribution < -0.4 is 10.6 Å². The summed E-state index contributed by atoms with van der Waals surface area (Å²) in [6.45, 7) is 13.4. The van der Waals surface area contributed by atoms with Gasteiger partial charge in [0.1, 0.15) is 0 Å². The van der Waals surface area contributed by atoms with Crippen molar-refractivity contribution in [1.29, 1.82) is 0 Å². The van der Waals surface area contributed by atoms with E-state index in [0.717, 1.165) is 25.6 Å². The van der Waals surface area contributed by atoms with E-state index in [-0.39, 0.29) is 24.0 Å². The molecule has 0 bridgehead atoms. The van der Waals surface area contributed by atoms with Crippen molar-refractivity contribution in [1.82, 2.24) is 15.5 Å². The molecule has 0 saturated carbocycles. The fourth-order valence-electron chi connectivity index (χ4n) is 1.17. The number of likely N-dealkylation sites (N-methyl/N-ethyl adjacent to an activating group) is 1. The molecule has 0 heterocycles. The van der Waals surface area contributed by atoms with E-state index >= 15 is 0 Å². The van der Waals surface area contributed by atoms with E-state index in [0.29, 0.717) is 12.1 Å². The molecule has 0 fully saturated rings. The van der Waals surface area contributed by atoms with Gasteiger partial charge in [-0.15, -0.1) is 24.0 Å². The van der Waals surface area contributed by atoms with Crippen LogP contribution in [-0.4, -0.2) is 49.6 Å². The van der Waals surface area contributed by atoms with Gasteiger partial charge in [0.05, 0.1) is 6.54 Å². The summed E-state index contributed by atoms with van der Waals surface area (Å²) in [4.78, 5) is 6.82. The van der Waals surface area contributed by atoms with E-state index in [1.165, 1.54) is 0 Å². The van der Waals surface area contributed by atoms with Crippen LogP contribution in [0.5, 0.6) is 0 Å². The standard InChI is InChI=1S/C12H28N4.HI/c1-7-13-12(15-10(2)3)14-8-9-16(6)11(4)5;/h10-11H,7-9H2,1-6H3,(H2,13,14,15);1H. The van der Waals surface area contributed by atoms with Crippen LogP contribution in [0.4, 0.5) is 0 Å². The van der Waals surface area contributed by atoms with Gasteiger partial charge in [-0.1, -0.05) is 0 Å². The van der Waals surface area contributed by atoms with Crippen molar-refractivity contribution in [2.45, 2.75) is 46.7 Å². The lowest BCUT2D eigenvalue weighted by atomic mass is 10.3. The van der Waals surface area contributed by atoms with Crippen molar-refractivity contribution >= 4 is 29.9 Å². The molecule has 2 N–H and O–H groups in total. The third-order valence-corrected chi connectivity index (χ3v) is 2.37. The minimum atomic E-state index is 0. The van der Waals surface area contributed by atoms with Gasteiger partial charge >= 0.3 is 0 Å². The quantitative estimate of drug-likeness (QED) is 0.434. The first-order valence-corrected chi connectivity index (χ1v) is 6.22. The molecule has 0 aromatic rings. The van der Waals surface area contributed by atoms with Crippen molar-refractivity contribution in [2.24, 2.45) is 4.99 Å². The normalized spacial score (nSPS) is 11.9. The Kier molecular flexibility index (Phi) is 12.6. The van der Waals surface area contributed by atoms with Crippen molar-refractivity contribution in [3.05, 3.63) is 0 Å². The number of hydrogen-bond donors (Lipinski definition) is 2. The molecular formula is C12H29IN4. The van der Waals surface area contributed by atoms with Gasteiger partial charge in [0.25, 0.3) is 0 Å². The number of rotatable bonds is 6. The first-order chi connectivity index (χ1) is 7.47. The highest BCUT2D eigenvalue weighted by molar-refractivity contribution is 14.0. The Hall–Kier alpha value is -0.0400. The number of nitrogens with one attached hydrogen (secondary N) is 2. The Morgan fingerprint density at radius 3 is 2.24 bits per heavy atom. The Morgan fingerprint density at radius 1 is 1.24 bits per heavy atom. The van der Waals surface area contributed by atoms with Crippen LogP contribution in [0.2, 0.25) is 0 Å². The van der Waals surface area contributed by atoms with E-state index < -0.39 is 0 Å². The molecule has 0 aromatic carbocycles. The first-order valence-electron chi connectivity index (χ1n) is 6.22. The molecule has 0 aliphatic heterocycles.